The molecule has 1 aliphatic heterocycles. The van der Waals surface area contributed by atoms with Crippen molar-refractivity contribution in [2.75, 3.05) is 23.4 Å². The van der Waals surface area contributed by atoms with Crippen LogP contribution in [-0.4, -0.2) is 31.0 Å². The second-order valence-electron chi connectivity index (χ2n) is 5.96. The lowest BCUT2D eigenvalue weighted by atomic mass is 10.0. The third-order valence-corrected chi connectivity index (χ3v) is 4.09. The fourth-order valence-electron chi connectivity index (χ4n) is 2.72. The maximum absolute atomic E-state index is 13.3. The summed E-state index contributed by atoms with van der Waals surface area (Å²) in [6.07, 6.45) is 0. The van der Waals surface area contributed by atoms with E-state index < -0.39 is 35.4 Å². The van der Waals surface area contributed by atoms with Crippen molar-refractivity contribution in [3.8, 4) is 5.75 Å². The number of nitrogens with one attached hydrogen (secondary N) is 2. The number of benzene rings is 2. The van der Waals surface area contributed by atoms with Crippen molar-refractivity contribution in [2.24, 2.45) is 5.92 Å². The Balaban J connectivity index is 1.77. The molecule has 3 rings (SSSR count). The van der Waals surface area contributed by atoms with Gasteiger partial charge in [-0.2, -0.15) is 0 Å². The Morgan fingerprint density at radius 3 is 2.54 bits per heavy atom. The Hall–Kier alpha value is -3.49. The minimum Gasteiger partial charge on any atom is -0.494 e. The SMILES string of the molecule is CCOc1ccc(N2C(=O)NCC(C(=O)Nc3ccc(F)c(F)c3)C2=O)cc1. The molecule has 1 atom stereocenters. The molecule has 0 aliphatic carbocycles. The number of nitrogens with zero attached hydrogens (tertiary/aromatic N) is 1. The summed E-state index contributed by atoms with van der Waals surface area (Å²) in [5.41, 5.74) is 0.275. The van der Waals surface area contributed by atoms with Crippen LogP contribution in [0.5, 0.6) is 5.75 Å². The average Bonchev–Trinajstić information content (AvgIpc) is 2.66. The van der Waals surface area contributed by atoms with E-state index in [4.69, 9.17) is 4.74 Å². The first-order valence-corrected chi connectivity index (χ1v) is 8.51. The molecule has 4 amide bonds. The second-order valence-corrected chi connectivity index (χ2v) is 5.96. The molecular weight excluding hydrogens is 372 g/mol. The van der Waals surface area contributed by atoms with Gasteiger partial charge in [0.1, 0.15) is 11.7 Å². The smallest absolute Gasteiger partial charge is 0.328 e. The number of ether oxygens (including phenoxy) is 1. The van der Waals surface area contributed by atoms with Gasteiger partial charge in [0.05, 0.1) is 12.3 Å². The van der Waals surface area contributed by atoms with Crippen LogP contribution in [0.25, 0.3) is 0 Å². The highest BCUT2D eigenvalue weighted by molar-refractivity contribution is 6.23. The summed E-state index contributed by atoms with van der Waals surface area (Å²) < 4.78 is 31.6. The molecule has 0 aromatic heterocycles. The minimum absolute atomic E-state index is 0.00113. The molecule has 2 N–H and O–H groups in total. The molecule has 1 aliphatic rings. The summed E-state index contributed by atoms with van der Waals surface area (Å²) in [6, 6.07) is 8.44. The number of amides is 4. The van der Waals surface area contributed by atoms with E-state index in [-0.39, 0.29) is 17.9 Å². The molecule has 146 valence electrons. The van der Waals surface area contributed by atoms with Gasteiger partial charge in [-0.05, 0) is 43.3 Å². The largest absolute Gasteiger partial charge is 0.494 e. The van der Waals surface area contributed by atoms with E-state index >= 15 is 0 Å². The van der Waals surface area contributed by atoms with E-state index in [9.17, 15) is 23.2 Å². The Bertz CT molecular complexity index is 918. The predicted molar refractivity (Wildman–Crippen MR) is 97.0 cm³/mol. The zero-order chi connectivity index (χ0) is 20.3. The van der Waals surface area contributed by atoms with E-state index in [1.54, 1.807) is 12.1 Å². The topological polar surface area (TPSA) is 87.7 Å². The lowest BCUT2D eigenvalue weighted by Gasteiger charge is -2.30. The third-order valence-electron chi connectivity index (χ3n) is 4.09. The van der Waals surface area contributed by atoms with Gasteiger partial charge < -0.3 is 15.4 Å². The fraction of sp³-hybridized carbons (Fsp3) is 0.211. The van der Waals surface area contributed by atoms with Crippen LogP contribution in [0.4, 0.5) is 25.0 Å². The van der Waals surface area contributed by atoms with Gasteiger partial charge in [-0.3, -0.25) is 9.59 Å². The minimum atomic E-state index is -1.22. The van der Waals surface area contributed by atoms with Gasteiger partial charge in [0.2, 0.25) is 11.8 Å². The van der Waals surface area contributed by atoms with Crippen LogP contribution in [0, 0.1) is 17.6 Å². The van der Waals surface area contributed by atoms with Gasteiger partial charge in [-0.25, -0.2) is 18.5 Å². The fourth-order valence-corrected chi connectivity index (χ4v) is 2.72. The number of imide groups is 1. The molecular formula is C19H17F2N3O4. The number of anilines is 2. The summed E-state index contributed by atoms with van der Waals surface area (Å²) >= 11 is 0. The van der Waals surface area contributed by atoms with E-state index in [1.165, 1.54) is 18.2 Å². The summed E-state index contributed by atoms with van der Waals surface area (Å²) in [5, 5.41) is 4.84. The summed E-state index contributed by atoms with van der Waals surface area (Å²) in [7, 11) is 0. The molecule has 1 heterocycles. The number of urea groups is 1. The molecule has 0 spiro atoms. The van der Waals surface area contributed by atoms with Gasteiger partial charge in [0.25, 0.3) is 0 Å². The van der Waals surface area contributed by atoms with Crippen LogP contribution in [0.2, 0.25) is 0 Å². The molecule has 1 saturated heterocycles. The van der Waals surface area contributed by atoms with Gasteiger partial charge in [-0.1, -0.05) is 0 Å². The van der Waals surface area contributed by atoms with Crippen LogP contribution in [-0.2, 0) is 9.59 Å². The van der Waals surface area contributed by atoms with E-state index in [0.29, 0.717) is 12.4 Å². The number of halogens is 2. The molecule has 0 saturated carbocycles. The first kappa shape index (κ1) is 19.3. The summed E-state index contributed by atoms with van der Waals surface area (Å²) in [5.74, 6) is -4.31. The van der Waals surface area contributed by atoms with Crippen LogP contribution in [0.15, 0.2) is 42.5 Å². The highest BCUT2D eigenvalue weighted by atomic mass is 19.2. The first-order chi connectivity index (χ1) is 13.4. The van der Waals surface area contributed by atoms with Crippen molar-refractivity contribution in [3.05, 3.63) is 54.1 Å². The number of hydrogen-bond donors (Lipinski definition) is 2. The monoisotopic (exact) mass is 389 g/mol. The van der Waals surface area contributed by atoms with E-state index in [0.717, 1.165) is 17.0 Å². The third kappa shape index (κ3) is 3.93. The normalized spacial score (nSPS) is 16.5. The number of carbonyl (C=O) groups is 3. The van der Waals surface area contributed by atoms with Crippen molar-refractivity contribution in [2.45, 2.75) is 6.92 Å². The number of rotatable bonds is 5. The first-order valence-electron chi connectivity index (χ1n) is 8.51. The number of hydrogen-bond acceptors (Lipinski definition) is 4. The molecule has 7 nitrogen and oxygen atoms in total. The van der Waals surface area contributed by atoms with Gasteiger partial charge in [0.15, 0.2) is 11.6 Å². The van der Waals surface area contributed by atoms with Gasteiger partial charge in [0, 0.05) is 18.3 Å². The lowest BCUT2D eigenvalue weighted by molar-refractivity contribution is -0.130. The second kappa shape index (κ2) is 8.03. The Kier molecular flexibility index (Phi) is 5.53. The molecule has 2 aromatic rings. The van der Waals surface area contributed by atoms with Crippen molar-refractivity contribution in [1.29, 1.82) is 0 Å². The van der Waals surface area contributed by atoms with Gasteiger partial charge >= 0.3 is 6.03 Å². The van der Waals surface area contributed by atoms with Crippen molar-refractivity contribution < 1.29 is 27.9 Å². The summed E-state index contributed by atoms with van der Waals surface area (Å²) in [6.45, 7) is 2.08. The van der Waals surface area contributed by atoms with Crippen molar-refractivity contribution in [1.82, 2.24) is 5.32 Å². The van der Waals surface area contributed by atoms with E-state index in [1.807, 2.05) is 6.92 Å². The molecule has 2 aromatic carbocycles. The number of carbonyl (C=O) groups excluding carboxylic acids is 3. The molecule has 1 unspecified atom stereocenters. The van der Waals surface area contributed by atoms with E-state index in [2.05, 4.69) is 10.6 Å². The summed E-state index contributed by atoms with van der Waals surface area (Å²) in [4.78, 5) is 38.2. The molecule has 0 radical (unpaired) electrons. The van der Waals surface area contributed by atoms with Crippen LogP contribution >= 0.6 is 0 Å². The Morgan fingerprint density at radius 2 is 1.89 bits per heavy atom. The average molecular weight is 389 g/mol. The predicted octanol–water partition coefficient (Wildman–Crippen LogP) is 2.67. The zero-order valence-corrected chi connectivity index (χ0v) is 14.9. The Labute approximate surface area is 159 Å². The zero-order valence-electron chi connectivity index (χ0n) is 14.9. The van der Waals surface area contributed by atoms with Crippen LogP contribution in [0.3, 0.4) is 0 Å². The molecule has 9 heteroatoms. The maximum Gasteiger partial charge on any atom is 0.328 e. The van der Waals surface area contributed by atoms with Gasteiger partial charge in [-0.15, -0.1) is 0 Å². The van der Waals surface area contributed by atoms with Crippen molar-refractivity contribution >= 4 is 29.2 Å². The highest BCUT2D eigenvalue weighted by Gasteiger charge is 2.39. The van der Waals surface area contributed by atoms with Crippen molar-refractivity contribution in [3.63, 3.8) is 0 Å². The highest BCUT2D eigenvalue weighted by Crippen LogP contribution is 2.24. The molecule has 0 bridgehead atoms. The molecule has 28 heavy (non-hydrogen) atoms. The lowest BCUT2D eigenvalue weighted by Crippen LogP contribution is -2.58. The standard InChI is InChI=1S/C19H17F2N3O4/c1-2-28-13-6-4-12(5-7-13)24-18(26)14(10-22-19(24)27)17(25)23-11-3-8-15(20)16(21)9-11/h3-9,14H,2,10H2,1H3,(H,22,27)(H,23,25). The van der Waals surface area contributed by atoms with Crippen LogP contribution < -0.4 is 20.3 Å². The Morgan fingerprint density at radius 1 is 1.18 bits per heavy atom. The molecule has 1 fully saturated rings. The van der Waals surface area contributed by atoms with Crippen LogP contribution in [0.1, 0.15) is 6.92 Å². The maximum atomic E-state index is 13.3. The quantitative estimate of drug-likeness (QED) is 0.770.